The molecular formula is C58H64N6. The molecule has 326 valence electrons. The Morgan fingerprint density at radius 1 is 0.344 bits per heavy atom. The Morgan fingerprint density at radius 2 is 0.688 bits per heavy atom. The van der Waals surface area contributed by atoms with Crippen molar-refractivity contribution in [2.24, 2.45) is 0 Å². The van der Waals surface area contributed by atoms with Crippen LogP contribution in [0.15, 0.2) is 109 Å². The van der Waals surface area contributed by atoms with Crippen LogP contribution in [-0.4, -0.2) is 29.9 Å². The molecule has 0 amide bonds. The van der Waals surface area contributed by atoms with Crippen LogP contribution in [0.4, 0.5) is 0 Å². The molecule has 7 aromatic rings. The largest absolute Gasteiger partial charge is 0.219 e. The van der Waals surface area contributed by atoms with Gasteiger partial charge in [0.05, 0.1) is 0 Å². The van der Waals surface area contributed by atoms with E-state index in [9.17, 15) is 0 Å². The van der Waals surface area contributed by atoms with Gasteiger partial charge in [0.25, 0.3) is 0 Å². The maximum absolute atomic E-state index is 5.31. The van der Waals surface area contributed by atoms with Crippen LogP contribution in [-0.2, 0) is 10.8 Å². The number of hydrogen-bond acceptors (Lipinski definition) is 6. The molecule has 0 aliphatic heterocycles. The van der Waals surface area contributed by atoms with Gasteiger partial charge in [-0.1, -0.05) is 171 Å². The van der Waals surface area contributed by atoms with Crippen LogP contribution < -0.4 is 0 Å². The van der Waals surface area contributed by atoms with Crippen molar-refractivity contribution in [3.63, 3.8) is 0 Å². The SMILES string of the molecule is Cc1nc(C)nc(-c2cccc(-c3nc(-c4cccc(-c5cc(C6CCCCC6)cc(C6CCCCC6)c5)c4)nc(-c4cccc(-c5cc(C(C)(C)C)cc(C(C)(C)C)c5)c4)n3)c2)n1. The molecule has 5 aromatic carbocycles. The zero-order chi connectivity index (χ0) is 44.6. The second-order valence-electron chi connectivity index (χ2n) is 20.7. The maximum atomic E-state index is 5.31. The molecule has 9 rings (SSSR count). The molecule has 0 unspecified atom stereocenters. The lowest BCUT2D eigenvalue weighted by atomic mass is 9.78. The van der Waals surface area contributed by atoms with Gasteiger partial charge < -0.3 is 0 Å². The monoisotopic (exact) mass is 845 g/mol. The van der Waals surface area contributed by atoms with Crippen LogP contribution in [0.25, 0.3) is 67.8 Å². The summed E-state index contributed by atoms with van der Waals surface area (Å²) >= 11 is 0. The summed E-state index contributed by atoms with van der Waals surface area (Å²) in [5, 5.41) is 0. The van der Waals surface area contributed by atoms with Gasteiger partial charge in [-0.3, -0.25) is 0 Å². The van der Waals surface area contributed by atoms with E-state index < -0.39 is 0 Å². The maximum Gasteiger partial charge on any atom is 0.164 e. The van der Waals surface area contributed by atoms with Gasteiger partial charge in [0.15, 0.2) is 23.3 Å². The molecular weight excluding hydrogens is 781 g/mol. The molecule has 0 N–H and O–H groups in total. The van der Waals surface area contributed by atoms with E-state index in [1.807, 2.05) is 26.0 Å². The van der Waals surface area contributed by atoms with E-state index in [4.69, 9.17) is 15.0 Å². The van der Waals surface area contributed by atoms with Gasteiger partial charge in [0.1, 0.15) is 11.6 Å². The third-order valence-corrected chi connectivity index (χ3v) is 13.6. The number of rotatable bonds is 8. The topological polar surface area (TPSA) is 77.3 Å². The fourth-order valence-electron chi connectivity index (χ4n) is 9.83. The van der Waals surface area contributed by atoms with Gasteiger partial charge in [0.2, 0.25) is 0 Å². The van der Waals surface area contributed by atoms with Crippen molar-refractivity contribution in [3.8, 4) is 67.8 Å². The average molecular weight is 845 g/mol. The first-order chi connectivity index (χ1) is 30.7. The summed E-state index contributed by atoms with van der Waals surface area (Å²) in [5.74, 6) is 5.17. The first-order valence-corrected chi connectivity index (χ1v) is 23.8. The predicted octanol–water partition coefficient (Wildman–Crippen LogP) is 15.4. The third kappa shape index (κ3) is 9.77. The molecule has 2 heterocycles. The molecule has 2 saturated carbocycles. The van der Waals surface area contributed by atoms with Crippen molar-refractivity contribution in [1.82, 2.24) is 29.9 Å². The van der Waals surface area contributed by atoms with E-state index in [2.05, 4.69) is 154 Å². The summed E-state index contributed by atoms with van der Waals surface area (Å²) in [5.41, 5.74) is 14.2. The van der Waals surface area contributed by atoms with Crippen LogP contribution in [0, 0.1) is 13.8 Å². The van der Waals surface area contributed by atoms with Crippen molar-refractivity contribution in [2.45, 2.75) is 142 Å². The Bertz CT molecular complexity index is 2710. The minimum absolute atomic E-state index is 0.00202. The number of aryl methyl sites for hydroxylation is 2. The molecule has 2 aromatic heterocycles. The Balaban J connectivity index is 1.18. The van der Waals surface area contributed by atoms with E-state index >= 15 is 0 Å². The molecule has 0 bridgehead atoms. The van der Waals surface area contributed by atoms with Crippen molar-refractivity contribution in [1.29, 1.82) is 0 Å². The van der Waals surface area contributed by atoms with Crippen LogP contribution in [0.1, 0.15) is 151 Å². The van der Waals surface area contributed by atoms with E-state index in [0.29, 0.717) is 46.8 Å². The molecule has 0 radical (unpaired) electrons. The predicted molar refractivity (Wildman–Crippen MR) is 264 cm³/mol. The summed E-state index contributed by atoms with van der Waals surface area (Å²) in [6, 6.07) is 40.4. The van der Waals surface area contributed by atoms with Crippen LogP contribution in [0.3, 0.4) is 0 Å². The first-order valence-electron chi connectivity index (χ1n) is 23.8. The summed E-state index contributed by atoms with van der Waals surface area (Å²) in [6.45, 7) is 17.6. The Kier molecular flexibility index (Phi) is 12.2. The molecule has 0 atom stereocenters. The van der Waals surface area contributed by atoms with Gasteiger partial charge in [-0.05, 0) is 125 Å². The van der Waals surface area contributed by atoms with E-state index in [-0.39, 0.29) is 10.8 Å². The molecule has 2 fully saturated rings. The second-order valence-corrected chi connectivity index (χ2v) is 20.7. The van der Waals surface area contributed by atoms with E-state index in [1.165, 1.54) is 103 Å². The Hall–Kier alpha value is -5.88. The van der Waals surface area contributed by atoms with Crippen molar-refractivity contribution >= 4 is 0 Å². The lowest BCUT2D eigenvalue weighted by Gasteiger charge is -2.27. The van der Waals surface area contributed by atoms with E-state index in [1.54, 1.807) is 0 Å². The van der Waals surface area contributed by atoms with Crippen LogP contribution in [0.5, 0.6) is 0 Å². The summed E-state index contributed by atoms with van der Waals surface area (Å²) in [7, 11) is 0. The van der Waals surface area contributed by atoms with Crippen LogP contribution in [0.2, 0.25) is 0 Å². The highest BCUT2D eigenvalue weighted by Gasteiger charge is 2.24. The number of aromatic nitrogens is 6. The normalized spacial score (nSPS) is 15.4. The Morgan fingerprint density at radius 3 is 1.08 bits per heavy atom. The molecule has 6 nitrogen and oxygen atoms in total. The highest BCUT2D eigenvalue weighted by molar-refractivity contribution is 5.76. The lowest BCUT2D eigenvalue weighted by molar-refractivity contribution is 0.435. The third-order valence-electron chi connectivity index (χ3n) is 13.6. The smallest absolute Gasteiger partial charge is 0.164 e. The Labute approximate surface area is 381 Å². The average Bonchev–Trinajstić information content (AvgIpc) is 3.31. The molecule has 0 saturated heterocycles. The first kappa shape index (κ1) is 43.4. The zero-order valence-electron chi connectivity index (χ0n) is 39.3. The number of nitrogens with zero attached hydrogens (tertiary/aromatic N) is 6. The standard InChI is InChI=1S/C58H64N6/c1-37-59-38(2)61-53(60-37)45-26-17-27-46(30-45)56-63-54(62-55(64-56)44-25-16-23-42(29-44)50-34-51(57(3,4)5)36-52(35-50)58(6,7)8)43-24-15-22-41(28-43)49-32-47(39-18-11-9-12-19-39)31-48(33-49)40-20-13-10-14-21-40/h15-17,22-36,39-40H,9-14,18-21H2,1-8H3. The van der Waals surface area contributed by atoms with Gasteiger partial charge >= 0.3 is 0 Å². The van der Waals surface area contributed by atoms with Crippen molar-refractivity contribution in [3.05, 3.63) is 143 Å². The molecule has 2 aliphatic rings. The zero-order valence-corrected chi connectivity index (χ0v) is 39.3. The highest BCUT2D eigenvalue weighted by Crippen LogP contribution is 2.41. The van der Waals surface area contributed by atoms with Crippen molar-refractivity contribution in [2.75, 3.05) is 0 Å². The van der Waals surface area contributed by atoms with Crippen molar-refractivity contribution < 1.29 is 0 Å². The minimum Gasteiger partial charge on any atom is -0.219 e. The highest BCUT2D eigenvalue weighted by atomic mass is 15.0. The fourth-order valence-corrected chi connectivity index (χ4v) is 9.83. The summed E-state index contributed by atoms with van der Waals surface area (Å²) in [6.07, 6.45) is 13.2. The van der Waals surface area contributed by atoms with Gasteiger partial charge in [0, 0.05) is 22.3 Å². The second kappa shape index (κ2) is 17.9. The van der Waals surface area contributed by atoms with Crippen LogP contribution >= 0.6 is 0 Å². The van der Waals surface area contributed by atoms with Gasteiger partial charge in [-0.15, -0.1) is 0 Å². The fraction of sp³-hybridized carbons (Fsp3) is 0.379. The molecule has 0 spiro atoms. The molecule has 64 heavy (non-hydrogen) atoms. The summed E-state index contributed by atoms with van der Waals surface area (Å²) in [4.78, 5) is 29.6. The number of benzene rings is 5. The number of hydrogen-bond donors (Lipinski definition) is 0. The van der Waals surface area contributed by atoms with Gasteiger partial charge in [-0.2, -0.15) is 0 Å². The molecule has 2 aliphatic carbocycles. The van der Waals surface area contributed by atoms with E-state index in [0.717, 1.165) is 27.8 Å². The minimum atomic E-state index is 0.00202. The summed E-state index contributed by atoms with van der Waals surface area (Å²) < 4.78 is 0. The lowest BCUT2D eigenvalue weighted by Crippen LogP contribution is -2.16. The van der Waals surface area contributed by atoms with Gasteiger partial charge in [-0.25, -0.2) is 29.9 Å². The molecule has 6 heteroatoms. The quantitative estimate of drug-likeness (QED) is 0.152.